The lowest BCUT2D eigenvalue weighted by Crippen LogP contribution is -2.20. The van der Waals surface area contributed by atoms with Gasteiger partial charge in [0, 0.05) is 6.54 Å². The number of nitrogens with two attached hydrogens (primary N) is 1. The molecule has 0 atom stereocenters. The normalized spacial score (nSPS) is 18.7. The molecule has 0 aromatic heterocycles. The van der Waals surface area contributed by atoms with E-state index in [9.17, 15) is 0 Å². The molecule has 1 heterocycles. The highest BCUT2D eigenvalue weighted by atomic mass is 14.8. The Hall–Kier alpha value is -0.340. The van der Waals surface area contributed by atoms with Crippen molar-refractivity contribution in [2.75, 3.05) is 19.6 Å². The maximum absolute atomic E-state index is 5.40. The molecule has 1 rings (SSSR count). The van der Waals surface area contributed by atoms with Gasteiger partial charge in [-0.3, -0.25) is 0 Å². The Morgan fingerprint density at radius 1 is 1.60 bits per heavy atom. The van der Waals surface area contributed by atoms with Crippen LogP contribution in [0.15, 0.2) is 11.6 Å². The van der Waals surface area contributed by atoms with Crippen LogP contribution < -0.4 is 11.1 Å². The predicted molar refractivity (Wildman–Crippen MR) is 43.9 cm³/mol. The SMILES string of the molecule is NCCCC1=CCNCC1. The van der Waals surface area contributed by atoms with Crippen LogP contribution in [0.3, 0.4) is 0 Å². The summed E-state index contributed by atoms with van der Waals surface area (Å²) in [5.41, 5.74) is 6.99. The molecule has 1 aliphatic heterocycles. The molecule has 0 aromatic carbocycles. The molecule has 0 radical (unpaired) electrons. The van der Waals surface area contributed by atoms with Crippen molar-refractivity contribution in [1.82, 2.24) is 5.32 Å². The maximum atomic E-state index is 5.40. The van der Waals surface area contributed by atoms with Crippen molar-refractivity contribution in [3.05, 3.63) is 11.6 Å². The lowest BCUT2D eigenvalue weighted by molar-refractivity contribution is 0.667. The highest BCUT2D eigenvalue weighted by Gasteiger charge is 2.00. The maximum Gasteiger partial charge on any atom is 0.0137 e. The van der Waals surface area contributed by atoms with Crippen LogP contribution >= 0.6 is 0 Å². The highest BCUT2D eigenvalue weighted by molar-refractivity contribution is 5.06. The second-order valence-electron chi connectivity index (χ2n) is 2.71. The summed E-state index contributed by atoms with van der Waals surface area (Å²) in [7, 11) is 0. The van der Waals surface area contributed by atoms with Gasteiger partial charge < -0.3 is 11.1 Å². The van der Waals surface area contributed by atoms with Gasteiger partial charge in [-0.2, -0.15) is 0 Å². The van der Waals surface area contributed by atoms with E-state index >= 15 is 0 Å². The summed E-state index contributed by atoms with van der Waals surface area (Å²) in [5, 5.41) is 3.28. The molecule has 0 saturated heterocycles. The van der Waals surface area contributed by atoms with Gasteiger partial charge in [-0.05, 0) is 32.4 Å². The number of rotatable bonds is 3. The van der Waals surface area contributed by atoms with E-state index in [1.54, 1.807) is 5.57 Å². The molecule has 2 nitrogen and oxygen atoms in total. The van der Waals surface area contributed by atoms with Crippen molar-refractivity contribution < 1.29 is 0 Å². The molecule has 0 spiro atoms. The molecule has 0 fully saturated rings. The van der Waals surface area contributed by atoms with Crippen LogP contribution in [0.5, 0.6) is 0 Å². The van der Waals surface area contributed by atoms with Crippen LogP contribution in [0, 0.1) is 0 Å². The van der Waals surface area contributed by atoms with Crippen molar-refractivity contribution in [3.8, 4) is 0 Å². The van der Waals surface area contributed by atoms with E-state index in [0.29, 0.717) is 0 Å². The number of nitrogens with one attached hydrogen (secondary N) is 1. The van der Waals surface area contributed by atoms with Gasteiger partial charge in [0.05, 0.1) is 0 Å². The van der Waals surface area contributed by atoms with Crippen LogP contribution in [-0.2, 0) is 0 Å². The Morgan fingerprint density at radius 2 is 2.50 bits per heavy atom. The third-order valence-electron chi connectivity index (χ3n) is 1.86. The first-order valence-electron chi connectivity index (χ1n) is 4.02. The monoisotopic (exact) mass is 140 g/mol. The molecule has 0 unspecified atom stereocenters. The van der Waals surface area contributed by atoms with Gasteiger partial charge in [-0.25, -0.2) is 0 Å². The van der Waals surface area contributed by atoms with Crippen molar-refractivity contribution in [3.63, 3.8) is 0 Å². The molecule has 58 valence electrons. The zero-order valence-electron chi connectivity index (χ0n) is 6.40. The minimum atomic E-state index is 0.824. The zero-order chi connectivity index (χ0) is 7.23. The second kappa shape index (κ2) is 4.47. The average Bonchev–Trinajstić information content (AvgIpc) is 2.03. The number of hydrogen-bond donors (Lipinski definition) is 2. The molecule has 0 aliphatic carbocycles. The standard InChI is InChI=1S/C8H16N2/c9-5-1-2-8-3-6-10-7-4-8/h3,10H,1-2,4-7,9H2. The lowest BCUT2D eigenvalue weighted by atomic mass is 10.0. The fraction of sp³-hybridized carbons (Fsp3) is 0.750. The Morgan fingerprint density at radius 3 is 3.10 bits per heavy atom. The molecule has 2 heteroatoms. The summed E-state index contributed by atoms with van der Waals surface area (Å²) in [6, 6.07) is 0. The van der Waals surface area contributed by atoms with Crippen LogP contribution in [0.25, 0.3) is 0 Å². The average molecular weight is 140 g/mol. The Bertz CT molecular complexity index is 118. The third-order valence-corrected chi connectivity index (χ3v) is 1.86. The minimum absolute atomic E-state index is 0.824. The largest absolute Gasteiger partial charge is 0.330 e. The quantitative estimate of drug-likeness (QED) is 0.565. The second-order valence-corrected chi connectivity index (χ2v) is 2.71. The van der Waals surface area contributed by atoms with Crippen LogP contribution in [0.1, 0.15) is 19.3 Å². The van der Waals surface area contributed by atoms with E-state index in [0.717, 1.165) is 26.1 Å². The molecule has 10 heavy (non-hydrogen) atoms. The van der Waals surface area contributed by atoms with Crippen LogP contribution in [0.4, 0.5) is 0 Å². The van der Waals surface area contributed by atoms with E-state index in [2.05, 4.69) is 11.4 Å². The lowest BCUT2D eigenvalue weighted by Gasteiger charge is -2.12. The van der Waals surface area contributed by atoms with E-state index < -0.39 is 0 Å². The first kappa shape index (κ1) is 7.76. The molecule has 0 bridgehead atoms. The van der Waals surface area contributed by atoms with Crippen molar-refractivity contribution in [2.45, 2.75) is 19.3 Å². The third kappa shape index (κ3) is 2.50. The van der Waals surface area contributed by atoms with Crippen molar-refractivity contribution in [1.29, 1.82) is 0 Å². The van der Waals surface area contributed by atoms with Gasteiger partial charge in [-0.15, -0.1) is 0 Å². The Kier molecular flexibility index (Phi) is 3.47. The minimum Gasteiger partial charge on any atom is -0.330 e. The van der Waals surface area contributed by atoms with Gasteiger partial charge >= 0.3 is 0 Å². The van der Waals surface area contributed by atoms with Gasteiger partial charge in [0.2, 0.25) is 0 Å². The smallest absolute Gasteiger partial charge is 0.0137 e. The topological polar surface area (TPSA) is 38.0 Å². The molecule has 0 aromatic rings. The summed E-state index contributed by atoms with van der Waals surface area (Å²) in [4.78, 5) is 0. The summed E-state index contributed by atoms with van der Waals surface area (Å²) in [6.07, 6.45) is 5.86. The summed E-state index contributed by atoms with van der Waals surface area (Å²) < 4.78 is 0. The first-order chi connectivity index (χ1) is 4.93. The van der Waals surface area contributed by atoms with Crippen molar-refractivity contribution >= 4 is 0 Å². The molecule has 0 saturated carbocycles. The fourth-order valence-corrected chi connectivity index (χ4v) is 1.23. The van der Waals surface area contributed by atoms with Crippen LogP contribution in [-0.4, -0.2) is 19.6 Å². The van der Waals surface area contributed by atoms with Gasteiger partial charge in [0.1, 0.15) is 0 Å². The van der Waals surface area contributed by atoms with Crippen LogP contribution in [0.2, 0.25) is 0 Å². The molecular formula is C8H16N2. The van der Waals surface area contributed by atoms with E-state index in [4.69, 9.17) is 5.73 Å². The first-order valence-corrected chi connectivity index (χ1v) is 4.02. The predicted octanol–water partition coefficient (Wildman–Crippen LogP) is 0.645. The number of hydrogen-bond acceptors (Lipinski definition) is 2. The molecule has 1 aliphatic rings. The van der Waals surface area contributed by atoms with E-state index in [-0.39, 0.29) is 0 Å². The summed E-state index contributed by atoms with van der Waals surface area (Å²) in [5.74, 6) is 0. The Labute approximate surface area is 62.5 Å². The Balaban J connectivity index is 2.18. The molecule has 3 N–H and O–H groups in total. The van der Waals surface area contributed by atoms with Gasteiger partial charge in [0.25, 0.3) is 0 Å². The van der Waals surface area contributed by atoms with Crippen molar-refractivity contribution in [2.24, 2.45) is 5.73 Å². The summed E-state index contributed by atoms with van der Waals surface area (Å²) >= 11 is 0. The summed E-state index contributed by atoms with van der Waals surface area (Å²) in [6.45, 7) is 3.03. The molecule has 0 amide bonds. The fourth-order valence-electron chi connectivity index (χ4n) is 1.23. The van der Waals surface area contributed by atoms with E-state index in [1.165, 1.54) is 12.8 Å². The van der Waals surface area contributed by atoms with E-state index in [1.807, 2.05) is 0 Å². The molecular weight excluding hydrogens is 124 g/mol. The van der Waals surface area contributed by atoms with Gasteiger partial charge in [0.15, 0.2) is 0 Å². The highest BCUT2D eigenvalue weighted by Crippen LogP contribution is 2.10. The van der Waals surface area contributed by atoms with Gasteiger partial charge in [-0.1, -0.05) is 11.6 Å². The zero-order valence-corrected chi connectivity index (χ0v) is 6.40.